The van der Waals surface area contributed by atoms with Crippen LogP contribution in [0, 0.1) is 0 Å². The van der Waals surface area contributed by atoms with Crippen LogP contribution >= 0.6 is 0 Å². The van der Waals surface area contributed by atoms with Crippen molar-refractivity contribution in [2.75, 3.05) is 62.5 Å². The number of benzene rings is 2. The molecule has 0 aliphatic carbocycles. The lowest BCUT2D eigenvalue weighted by atomic mass is 9.89. The van der Waals surface area contributed by atoms with E-state index in [1.54, 1.807) is 30.3 Å². The summed E-state index contributed by atoms with van der Waals surface area (Å²) in [5, 5.41) is 12.2. The number of esters is 1. The second-order valence-electron chi connectivity index (χ2n) is 9.38. The minimum absolute atomic E-state index is 0.0566. The summed E-state index contributed by atoms with van der Waals surface area (Å²) in [7, 11) is 10.0. The Labute approximate surface area is 233 Å². The van der Waals surface area contributed by atoms with E-state index < -0.39 is 11.8 Å². The molecule has 4 rings (SSSR count). The fraction of sp³-hybridized carbons (Fsp3) is 0.414. The van der Waals surface area contributed by atoms with Crippen LogP contribution in [-0.4, -0.2) is 78.5 Å². The van der Waals surface area contributed by atoms with E-state index in [2.05, 4.69) is 0 Å². The zero-order valence-corrected chi connectivity index (χ0v) is 23.6. The molecule has 0 radical (unpaired) electrons. The topological polar surface area (TPSA) is 114 Å². The van der Waals surface area contributed by atoms with E-state index in [1.807, 2.05) is 19.0 Å². The Kier molecular flexibility index (Phi) is 8.96. The van der Waals surface area contributed by atoms with Gasteiger partial charge in [0.25, 0.3) is 5.79 Å². The van der Waals surface area contributed by atoms with Crippen molar-refractivity contribution in [3.63, 3.8) is 0 Å². The summed E-state index contributed by atoms with van der Waals surface area (Å²) in [5.41, 5.74) is 1.18. The number of methoxy groups -OCH3 is 4. The van der Waals surface area contributed by atoms with Crippen LogP contribution in [0.4, 0.5) is 0 Å². The van der Waals surface area contributed by atoms with Crippen molar-refractivity contribution in [3.05, 3.63) is 64.6 Å². The third kappa shape index (κ3) is 5.75. The van der Waals surface area contributed by atoms with E-state index in [0.717, 1.165) is 13.0 Å². The number of hydrogen-bond acceptors (Lipinski definition) is 11. The van der Waals surface area contributed by atoms with Gasteiger partial charge >= 0.3 is 5.97 Å². The Morgan fingerprint density at radius 1 is 0.975 bits per heavy atom. The second kappa shape index (κ2) is 12.4. The Balaban J connectivity index is 1.83. The van der Waals surface area contributed by atoms with Crippen molar-refractivity contribution in [3.8, 4) is 28.7 Å². The second-order valence-corrected chi connectivity index (χ2v) is 9.38. The van der Waals surface area contributed by atoms with Gasteiger partial charge in [-0.05, 0) is 50.3 Å². The molecule has 1 unspecified atom stereocenters. The number of cyclic esters (lactones) is 1. The molecule has 216 valence electrons. The zero-order chi connectivity index (χ0) is 28.9. The van der Waals surface area contributed by atoms with Gasteiger partial charge in [-0.1, -0.05) is 0 Å². The quantitative estimate of drug-likeness (QED) is 0.289. The molecule has 11 nitrogen and oxygen atoms in total. The Morgan fingerprint density at radius 3 is 2.27 bits per heavy atom. The maximum Gasteiger partial charge on any atom is 0.345 e. The van der Waals surface area contributed by atoms with E-state index in [1.165, 1.54) is 34.7 Å². The number of carbonyl (C=O) groups is 1. The lowest BCUT2D eigenvalue weighted by Gasteiger charge is -2.28. The number of ether oxygens (including phenoxy) is 8. The lowest BCUT2D eigenvalue weighted by Crippen LogP contribution is -2.30. The van der Waals surface area contributed by atoms with Crippen molar-refractivity contribution in [1.29, 1.82) is 0 Å². The summed E-state index contributed by atoms with van der Waals surface area (Å²) >= 11 is 0. The maximum absolute atomic E-state index is 13.3. The van der Waals surface area contributed by atoms with Gasteiger partial charge in [0.2, 0.25) is 12.5 Å². The van der Waals surface area contributed by atoms with Crippen molar-refractivity contribution in [2.45, 2.75) is 18.6 Å². The van der Waals surface area contributed by atoms with Crippen LogP contribution in [0.1, 0.15) is 17.5 Å². The van der Waals surface area contributed by atoms with Gasteiger partial charge in [0.05, 0.1) is 40.6 Å². The molecule has 0 bridgehead atoms. The van der Waals surface area contributed by atoms with Gasteiger partial charge in [-0.15, -0.1) is 0 Å². The molecule has 2 aromatic rings. The van der Waals surface area contributed by atoms with Crippen LogP contribution in [0.3, 0.4) is 0 Å². The summed E-state index contributed by atoms with van der Waals surface area (Å²) in [6.45, 7) is 1.11. The average molecular weight is 558 g/mol. The molecule has 0 fully saturated rings. The summed E-state index contributed by atoms with van der Waals surface area (Å²) in [4.78, 5) is 15.4. The standard InChI is InChI=1S/C29H35NO10/c1-30(2)10-7-11-38-22-15-19(33-3)8-9-20(22)29(32)21(26(28(31)40-29)25-16-37-17-39-25)12-18-13-23(34-4)27(36-6)24(14-18)35-5/h8-9,13-16,32H,7,10-12,17H2,1-6H3. The molecule has 0 spiro atoms. The minimum Gasteiger partial charge on any atom is -0.497 e. The van der Waals surface area contributed by atoms with E-state index in [-0.39, 0.29) is 35.7 Å². The molecule has 11 heteroatoms. The molecule has 0 saturated heterocycles. The van der Waals surface area contributed by atoms with Gasteiger partial charge in [0, 0.05) is 24.6 Å². The average Bonchev–Trinajstić information content (AvgIpc) is 3.56. The summed E-state index contributed by atoms with van der Waals surface area (Å²) in [5.74, 6) is -0.719. The highest BCUT2D eigenvalue weighted by atomic mass is 16.7. The lowest BCUT2D eigenvalue weighted by molar-refractivity contribution is -0.186. The van der Waals surface area contributed by atoms with Gasteiger partial charge < -0.3 is 47.9 Å². The third-order valence-electron chi connectivity index (χ3n) is 6.54. The smallest absolute Gasteiger partial charge is 0.345 e. The highest BCUT2D eigenvalue weighted by molar-refractivity contribution is 5.97. The molecule has 0 saturated carbocycles. The summed E-state index contributed by atoms with van der Waals surface area (Å²) in [6.07, 6.45) is 2.12. The summed E-state index contributed by atoms with van der Waals surface area (Å²) < 4.78 is 44.4. The maximum atomic E-state index is 13.3. The highest BCUT2D eigenvalue weighted by Crippen LogP contribution is 2.48. The van der Waals surface area contributed by atoms with Crippen molar-refractivity contribution >= 4 is 5.97 Å². The molecule has 2 heterocycles. The molecular weight excluding hydrogens is 522 g/mol. The van der Waals surface area contributed by atoms with Crippen LogP contribution < -0.4 is 23.7 Å². The Morgan fingerprint density at radius 2 is 1.70 bits per heavy atom. The fourth-order valence-electron chi connectivity index (χ4n) is 4.62. The van der Waals surface area contributed by atoms with Crippen molar-refractivity contribution < 1.29 is 47.8 Å². The molecule has 2 aliphatic rings. The van der Waals surface area contributed by atoms with E-state index in [9.17, 15) is 9.90 Å². The predicted molar refractivity (Wildman–Crippen MR) is 144 cm³/mol. The Hall–Kier alpha value is -4.09. The monoisotopic (exact) mass is 557 g/mol. The molecule has 1 atom stereocenters. The molecule has 2 aromatic carbocycles. The van der Waals surface area contributed by atoms with Crippen LogP contribution in [-0.2, 0) is 31.2 Å². The van der Waals surface area contributed by atoms with Gasteiger partial charge in [0.1, 0.15) is 23.3 Å². The van der Waals surface area contributed by atoms with Crippen LogP contribution in [0.2, 0.25) is 0 Å². The predicted octanol–water partition coefficient (Wildman–Crippen LogP) is 3.14. The van der Waals surface area contributed by atoms with Crippen molar-refractivity contribution in [1.82, 2.24) is 4.90 Å². The number of aliphatic hydroxyl groups is 1. The number of rotatable bonds is 13. The van der Waals surface area contributed by atoms with Gasteiger partial charge in [0.15, 0.2) is 17.3 Å². The first-order chi connectivity index (χ1) is 19.2. The number of hydrogen-bond donors (Lipinski definition) is 1. The highest BCUT2D eigenvalue weighted by Gasteiger charge is 2.51. The number of nitrogens with zero attached hydrogens (tertiary/aromatic N) is 1. The summed E-state index contributed by atoms with van der Waals surface area (Å²) in [6, 6.07) is 8.41. The minimum atomic E-state index is -2.19. The van der Waals surface area contributed by atoms with E-state index in [0.29, 0.717) is 40.9 Å². The molecule has 2 aliphatic heterocycles. The normalized spacial score (nSPS) is 18.2. The SMILES string of the molecule is COc1ccc(C2(O)OC(=O)C(C3=COCO3)=C2Cc2cc(OC)c(OC)c(OC)c2)c(OCCCN(C)C)c1. The molecular formula is C29H35NO10. The molecule has 0 aromatic heterocycles. The van der Waals surface area contributed by atoms with Crippen LogP contribution in [0.5, 0.6) is 28.7 Å². The van der Waals surface area contributed by atoms with Gasteiger partial charge in [-0.3, -0.25) is 0 Å². The third-order valence-corrected chi connectivity index (χ3v) is 6.54. The first-order valence-corrected chi connectivity index (χ1v) is 12.6. The van der Waals surface area contributed by atoms with E-state index in [4.69, 9.17) is 37.9 Å². The molecule has 0 amide bonds. The van der Waals surface area contributed by atoms with Gasteiger partial charge in [-0.25, -0.2) is 4.79 Å². The van der Waals surface area contributed by atoms with Crippen LogP contribution in [0.25, 0.3) is 0 Å². The fourth-order valence-corrected chi connectivity index (χ4v) is 4.62. The number of carbonyl (C=O) groups excluding carboxylic acids is 1. The van der Waals surface area contributed by atoms with Crippen molar-refractivity contribution in [2.24, 2.45) is 0 Å². The van der Waals surface area contributed by atoms with Gasteiger partial charge in [-0.2, -0.15) is 0 Å². The largest absolute Gasteiger partial charge is 0.497 e. The zero-order valence-electron chi connectivity index (χ0n) is 23.6. The first kappa shape index (κ1) is 28.9. The van der Waals surface area contributed by atoms with Crippen LogP contribution in [0.15, 0.2) is 53.5 Å². The molecule has 1 N–H and O–H groups in total. The molecule has 40 heavy (non-hydrogen) atoms. The first-order valence-electron chi connectivity index (χ1n) is 12.6. The Bertz CT molecular complexity index is 1280. The van der Waals surface area contributed by atoms with E-state index >= 15 is 0 Å².